The Labute approximate surface area is 136 Å². The molecule has 122 valence electrons. The molecule has 1 aromatic carbocycles. The largest absolute Gasteiger partial charge is 0.459 e. The average molecular weight is 314 g/mol. The molecule has 3 unspecified atom stereocenters. The van der Waals surface area contributed by atoms with Gasteiger partial charge in [-0.25, -0.2) is 0 Å². The highest BCUT2D eigenvalue weighted by molar-refractivity contribution is 5.78. The van der Waals surface area contributed by atoms with E-state index in [9.17, 15) is 14.9 Å². The molecule has 0 amide bonds. The van der Waals surface area contributed by atoms with Gasteiger partial charge in [-0.3, -0.25) is 9.69 Å². The number of ether oxygens (including phenoxy) is 1. The SMILES string of the molecule is CC(C)(C)OC(=O)C1CC(C#N)C(C=O)N1Cc1ccccc1. The van der Waals surface area contributed by atoms with Crippen LogP contribution in [0.5, 0.6) is 0 Å². The zero-order chi connectivity index (χ0) is 17.0. The summed E-state index contributed by atoms with van der Waals surface area (Å²) in [6, 6.07) is 10.6. The molecule has 3 atom stereocenters. The molecule has 1 saturated heterocycles. The number of aldehydes is 1. The molecular formula is C18H22N2O3. The number of hydrogen-bond donors (Lipinski definition) is 0. The maximum absolute atomic E-state index is 12.5. The van der Waals surface area contributed by atoms with E-state index >= 15 is 0 Å². The molecular weight excluding hydrogens is 292 g/mol. The normalized spacial score (nSPS) is 24.9. The summed E-state index contributed by atoms with van der Waals surface area (Å²) in [4.78, 5) is 25.8. The lowest BCUT2D eigenvalue weighted by molar-refractivity contribution is -0.161. The van der Waals surface area contributed by atoms with Crippen LogP contribution in [0.1, 0.15) is 32.8 Å². The molecule has 0 radical (unpaired) electrons. The Morgan fingerprint density at radius 3 is 2.57 bits per heavy atom. The van der Waals surface area contributed by atoms with E-state index in [4.69, 9.17) is 4.74 Å². The molecule has 5 heteroatoms. The number of rotatable bonds is 4. The van der Waals surface area contributed by atoms with Crippen molar-refractivity contribution >= 4 is 12.3 Å². The number of carbonyl (C=O) groups is 2. The van der Waals surface area contributed by atoms with E-state index in [0.717, 1.165) is 11.8 Å². The number of likely N-dealkylation sites (tertiary alicyclic amines) is 1. The van der Waals surface area contributed by atoms with Crippen LogP contribution in [-0.4, -0.2) is 34.8 Å². The third kappa shape index (κ3) is 4.17. The van der Waals surface area contributed by atoms with Crippen LogP contribution in [0.4, 0.5) is 0 Å². The van der Waals surface area contributed by atoms with E-state index in [1.165, 1.54) is 0 Å². The molecule has 0 aromatic heterocycles. The van der Waals surface area contributed by atoms with Crippen molar-refractivity contribution in [2.24, 2.45) is 5.92 Å². The van der Waals surface area contributed by atoms with Crippen molar-refractivity contribution in [3.63, 3.8) is 0 Å². The molecule has 0 spiro atoms. The zero-order valence-corrected chi connectivity index (χ0v) is 13.7. The zero-order valence-electron chi connectivity index (χ0n) is 13.7. The second-order valence-corrected chi connectivity index (χ2v) is 6.81. The van der Waals surface area contributed by atoms with Crippen LogP contribution >= 0.6 is 0 Å². The van der Waals surface area contributed by atoms with Gasteiger partial charge in [0.25, 0.3) is 0 Å². The van der Waals surface area contributed by atoms with Crippen LogP contribution in [0, 0.1) is 17.2 Å². The van der Waals surface area contributed by atoms with E-state index < -0.39 is 23.6 Å². The molecule has 1 aliphatic heterocycles. The van der Waals surface area contributed by atoms with Gasteiger partial charge in [0.05, 0.1) is 18.0 Å². The number of benzene rings is 1. The number of carbonyl (C=O) groups excluding carboxylic acids is 2. The molecule has 0 N–H and O–H groups in total. The fourth-order valence-electron chi connectivity index (χ4n) is 2.87. The van der Waals surface area contributed by atoms with Crippen molar-refractivity contribution in [2.45, 2.75) is 51.4 Å². The second kappa shape index (κ2) is 6.93. The number of nitrogens with zero attached hydrogens (tertiary/aromatic N) is 2. The Hall–Kier alpha value is -2.19. The third-order valence-corrected chi connectivity index (χ3v) is 3.86. The fraction of sp³-hybridized carbons (Fsp3) is 0.500. The maximum Gasteiger partial charge on any atom is 0.323 e. The van der Waals surface area contributed by atoms with Crippen molar-refractivity contribution in [2.75, 3.05) is 0 Å². The summed E-state index contributed by atoms with van der Waals surface area (Å²) in [6.07, 6.45) is 1.09. The summed E-state index contributed by atoms with van der Waals surface area (Å²) in [5.74, 6) is -0.869. The summed E-state index contributed by atoms with van der Waals surface area (Å²) in [5.41, 5.74) is 0.392. The summed E-state index contributed by atoms with van der Waals surface area (Å²) in [7, 11) is 0. The molecule has 1 heterocycles. The maximum atomic E-state index is 12.5. The highest BCUT2D eigenvalue weighted by Gasteiger charge is 2.46. The van der Waals surface area contributed by atoms with Gasteiger partial charge in [-0.05, 0) is 32.8 Å². The first-order valence-electron chi connectivity index (χ1n) is 7.73. The number of hydrogen-bond acceptors (Lipinski definition) is 5. The van der Waals surface area contributed by atoms with Crippen molar-refractivity contribution in [3.8, 4) is 6.07 Å². The van der Waals surface area contributed by atoms with E-state index in [-0.39, 0.29) is 5.97 Å². The predicted octanol–water partition coefficient (Wildman–Crippen LogP) is 2.31. The Morgan fingerprint density at radius 2 is 2.04 bits per heavy atom. The van der Waals surface area contributed by atoms with Crippen molar-refractivity contribution < 1.29 is 14.3 Å². The molecule has 0 aliphatic carbocycles. The molecule has 5 nitrogen and oxygen atoms in total. The van der Waals surface area contributed by atoms with E-state index in [0.29, 0.717) is 13.0 Å². The van der Waals surface area contributed by atoms with Gasteiger partial charge in [0.2, 0.25) is 0 Å². The second-order valence-electron chi connectivity index (χ2n) is 6.81. The summed E-state index contributed by atoms with van der Waals surface area (Å²) in [6.45, 7) is 5.85. The monoisotopic (exact) mass is 314 g/mol. The molecule has 23 heavy (non-hydrogen) atoms. The van der Waals surface area contributed by atoms with Gasteiger partial charge in [0.1, 0.15) is 17.9 Å². The molecule has 1 aromatic rings. The smallest absolute Gasteiger partial charge is 0.323 e. The molecule has 0 saturated carbocycles. The summed E-state index contributed by atoms with van der Waals surface area (Å²) in [5, 5.41) is 9.30. The van der Waals surface area contributed by atoms with Crippen LogP contribution in [0.2, 0.25) is 0 Å². The minimum Gasteiger partial charge on any atom is -0.459 e. The summed E-state index contributed by atoms with van der Waals surface area (Å²) >= 11 is 0. The highest BCUT2D eigenvalue weighted by atomic mass is 16.6. The first kappa shape index (κ1) is 17.2. The van der Waals surface area contributed by atoms with Crippen molar-refractivity contribution in [1.29, 1.82) is 5.26 Å². The van der Waals surface area contributed by atoms with E-state index in [2.05, 4.69) is 6.07 Å². The number of nitriles is 1. The van der Waals surface area contributed by atoms with Crippen molar-refractivity contribution in [1.82, 2.24) is 4.90 Å². The van der Waals surface area contributed by atoms with Gasteiger partial charge < -0.3 is 9.53 Å². The van der Waals surface area contributed by atoms with Gasteiger partial charge in [-0.1, -0.05) is 30.3 Å². The van der Waals surface area contributed by atoms with Crippen LogP contribution in [0.25, 0.3) is 0 Å². The van der Waals surface area contributed by atoms with Gasteiger partial charge >= 0.3 is 5.97 Å². The van der Waals surface area contributed by atoms with Crippen LogP contribution in [0.15, 0.2) is 30.3 Å². The lowest BCUT2D eigenvalue weighted by Gasteiger charge is -2.29. The summed E-state index contributed by atoms with van der Waals surface area (Å²) < 4.78 is 5.47. The van der Waals surface area contributed by atoms with Crippen molar-refractivity contribution in [3.05, 3.63) is 35.9 Å². The van der Waals surface area contributed by atoms with Crippen LogP contribution < -0.4 is 0 Å². The fourth-order valence-corrected chi connectivity index (χ4v) is 2.87. The standard InChI is InChI=1S/C18H22N2O3/c1-18(2,3)23-17(22)15-9-14(10-19)16(12-21)20(15)11-13-7-5-4-6-8-13/h4-8,12,14-16H,9,11H2,1-3H3. The minimum absolute atomic E-state index is 0.321. The van der Waals surface area contributed by atoms with Gasteiger partial charge in [0, 0.05) is 6.54 Å². The van der Waals surface area contributed by atoms with Gasteiger partial charge in [-0.2, -0.15) is 5.26 Å². The molecule has 0 bridgehead atoms. The third-order valence-electron chi connectivity index (χ3n) is 3.86. The average Bonchev–Trinajstić information content (AvgIpc) is 2.84. The van der Waals surface area contributed by atoms with Gasteiger partial charge in [0.15, 0.2) is 0 Å². The van der Waals surface area contributed by atoms with Gasteiger partial charge in [-0.15, -0.1) is 0 Å². The Kier molecular flexibility index (Phi) is 5.17. The predicted molar refractivity (Wildman–Crippen MR) is 85.2 cm³/mol. The Balaban J connectivity index is 2.25. The van der Waals surface area contributed by atoms with Crippen LogP contribution in [-0.2, 0) is 20.9 Å². The molecule has 1 fully saturated rings. The van der Waals surface area contributed by atoms with E-state index in [1.807, 2.05) is 30.3 Å². The van der Waals surface area contributed by atoms with E-state index in [1.54, 1.807) is 25.7 Å². The Bertz CT molecular complexity index is 601. The minimum atomic E-state index is -0.600. The highest BCUT2D eigenvalue weighted by Crippen LogP contribution is 2.31. The Morgan fingerprint density at radius 1 is 1.39 bits per heavy atom. The van der Waals surface area contributed by atoms with Crippen LogP contribution in [0.3, 0.4) is 0 Å². The number of esters is 1. The topological polar surface area (TPSA) is 70.4 Å². The first-order valence-corrected chi connectivity index (χ1v) is 7.73. The molecule has 1 aliphatic rings. The molecule has 2 rings (SSSR count). The lowest BCUT2D eigenvalue weighted by Crippen LogP contribution is -2.44. The lowest BCUT2D eigenvalue weighted by atomic mass is 10.0. The quantitative estimate of drug-likeness (QED) is 0.630. The first-order chi connectivity index (χ1) is 10.9.